The molecule has 1 heterocycles. The van der Waals surface area contributed by atoms with Crippen molar-refractivity contribution in [3.63, 3.8) is 0 Å². The number of rotatable bonds is 7. The lowest BCUT2D eigenvalue weighted by Gasteiger charge is -2.20. The van der Waals surface area contributed by atoms with Crippen LogP contribution in [0.4, 0.5) is 0 Å². The van der Waals surface area contributed by atoms with Crippen LogP contribution in [0.1, 0.15) is 19.8 Å². The predicted molar refractivity (Wildman–Crippen MR) is 65.5 cm³/mol. The number of methoxy groups -OCH3 is 2. The highest BCUT2D eigenvalue weighted by Gasteiger charge is 2.33. The number of nitrogens with two attached hydrogens (primary N) is 1. The predicted octanol–water partition coefficient (Wildman–Crippen LogP) is 0.707. The Hall–Kier alpha value is -0.160. The van der Waals surface area contributed by atoms with E-state index in [1.165, 1.54) is 6.42 Å². The van der Waals surface area contributed by atoms with Crippen molar-refractivity contribution in [3.05, 3.63) is 0 Å². The molecule has 0 aliphatic carbocycles. The Balaban J connectivity index is 2.28. The number of hydrogen-bond acceptors (Lipinski definition) is 4. The highest BCUT2D eigenvalue weighted by Crippen LogP contribution is 2.18. The van der Waals surface area contributed by atoms with Gasteiger partial charge in [-0.15, -0.1) is 0 Å². The van der Waals surface area contributed by atoms with Crippen molar-refractivity contribution in [2.24, 2.45) is 11.7 Å². The maximum absolute atomic E-state index is 5.52. The van der Waals surface area contributed by atoms with Crippen LogP contribution in [-0.2, 0) is 9.47 Å². The van der Waals surface area contributed by atoms with Gasteiger partial charge in [-0.3, -0.25) is 4.90 Å². The van der Waals surface area contributed by atoms with Crippen molar-refractivity contribution in [2.45, 2.75) is 32.0 Å². The van der Waals surface area contributed by atoms with Gasteiger partial charge in [0.2, 0.25) is 0 Å². The summed E-state index contributed by atoms with van der Waals surface area (Å²) in [6.07, 6.45) is 2.79. The van der Waals surface area contributed by atoms with Gasteiger partial charge in [0.05, 0.1) is 12.2 Å². The summed E-state index contributed by atoms with van der Waals surface area (Å²) in [5, 5.41) is 0. The summed E-state index contributed by atoms with van der Waals surface area (Å²) < 4.78 is 10.8. The van der Waals surface area contributed by atoms with E-state index in [0.29, 0.717) is 5.92 Å². The van der Waals surface area contributed by atoms with Crippen molar-refractivity contribution >= 4 is 0 Å². The van der Waals surface area contributed by atoms with E-state index in [1.54, 1.807) is 14.2 Å². The molecule has 0 spiro atoms. The molecule has 1 aliphatic heterocycles. The Morgan fingerprint density at radius 2 is 1.81 bits per heavy atom. The van der Waals surface area contributed by atoms with E-state index in [-0.39, 0.29) is 12.2 Å². The van der Waals surface area contributed by atoms with Crippen LogP contribution in [0.2, 0.25) is 0 Å². The number of likely N-dealkylation sites (tertiary alicyclic amines) is 1. The third-order valence-electron chi connectivity index (χ3n) is 3.37. The Kier molecular flexibility index (Phi) is 6.28. The third-order valence-corrected chi connectivity index (χ3v) is 3.37. The minimum atomic E-state index is 0.228. The molecule has 4 nitrogen and oxygen atoms in total. The molecule has 0 amide bonds. The molecule has 1 rings (SSSR count). The lowest BCUT2D eigenvalue weighted by Crippen LogP contribution is -2.28. The quantitative estimate of drug-likeness (QED) is 0.699. The molecule has 0 aromatic heterocycles. The number of hydrogen-bond donors (Lipinski definition) is 1. The molecule has 3 unspecified atom stereocenters. The molecule has 16 heavy (non-hydrogen) atoms. The van der Waals surface area contributed by atoms with E-state index in [4.69, 9.17) is 15.2 Å². The van der Waals surface area contributed by atoms with Crippen molar-refractivity contribution in [1.82, 2.24) is 4.90 Å². The SMILES string of the molecule is COC1CN(CC(C)CCCN)CC1OC. The van der Waals surface area contributed by atoms with E-state index in [1.807, 2.05) is 0 Å². The Morgan fingerprint density at radius 1 is 1.25 bits per heavy atom. The molecule has 3 atom stereocenters. The van der Waals surface area contributed by atoms with Gasteiger partial charge < -0.3 is 15.2 Å². The zero-order valence-electron chi connectivity index (χ0n) is 10.8. The second kappa shape index (κ2) is 7.22. The summed E-state index contributed by atoms with van der Waals surface area (Å²) in [6.45, 7) is 6.19. The monoisotopic (exact) mass is 230 g/mol. The fraction of sp³-hybridized carbons (Fsp3) is 1.00. The summed E-state index contributed by atoms with van der Waals surface area (Å²) >= 11 is 0. The Bertz CT molecular complexity index is 178. The van der Waals surface area contributed by atoms with Gasteiger partial charge in [-0.25, -0.2) is 0 Å². The van der Waals surface area contributed by atoms with Gasteiger partial charge in [0, 0.05) is 33.9 Å². The van der Waals surface area contributed by atoms with Crippen LogP contribution < -0.4 is 5.73 Å². The summed E-state index contributed by atoms with van der Waals surface area (Å²) in [4.78, 5) is 2.43. The molecular formula is C12H26N2O2. The summed E-state index contributed by atoms with van der Waals surface area (Å²) in [6, 6.07) is 0. The molecule has 1 saturated heterocycles. The topological polar surface area (TPSA) is 47.7 Å². The van der Waals surface area contributed by atoms with Crippen molar-refractivity contribution < 1.29 is 9.47 Å². The Morgan fingerprint density at radius 3 is 2.25 bits per heavy atom. The second-order valence-corrected chi connectivity index (χ2v) is 4.80. The summed E-state index contributed by atoms with van der Waals surface area (Å²) in [7, 11) is 3.52. The van der Waals surface area contributed by atoms with Gasteiger partial charge in [-0.2, -0.15) is 0 Å². The van der Waals surface area contributed by atoms with Crippen molar-refractivity contribution in [1.29, 1.82) is 0 Å². The van der Waals surface area contributed by atoms with Crippen LogP contribution in [0.15, 0.2) is 0 Å². The molecule has 1 fully saturated rings. The average molecular weight is 230 g/mol. The van der Waals surface area contributed by atoms with E-state index < -0.39 is 0 Å². The van der Waals surface area contributed by atoms with Crippen LogP contribution in [0.25, 0.3) is 0 Å². The lowest BCUT2D eigenvalue weighted by atomic mass is 10.1. The van der Waals surface area contributed by atoms with Crippen LogP contribution in [0, 0.1) is 5.92 Å². The van der Waals surface area contributed by atoms with E-state index >= 15 is 0 Å². The van der Waals surface area contributed by atoms with E-state index in [0.717, 1.165) is 32.6 Å². The molecule has 1 aliphatic rings. The maximum atomic E-state index is 5.52. The van der Waals surface area contributed by atoms with Gasteiger partial charge in [0.15, 0.2) is 0 Å². The van der Waals surface area contributed by atoms with Crippen LogP contribution in [0.5, 0.6) is 0 Å². The third kappa shape index (κ3) is 4.01. The number of nitrogens with zero attached hydrogens (tertiary/aromatic N) is 1. The Labute approximate surface area is 99.1 Å². The average Bonchev–Trinajstić information content (AvgIpc) is 2.68. The molecule has 0 radical (unpaired) electrons. The molecule has 0 saturated carbocycles. The first-order valence-corrected chi connectivity index (χ1v) is 6.19. The normalized spacial score (nSPS) is 28.5. The zero-order valence-corrected chi connectivity index (χ0v) is 10.8. The van der Waals surface area contributed by atoms with E-state index in [2.05, 4.69) is 11.8 Å². The number of ether oxygens (including phenoxy) is 2. The molecular weight excluding hydrogens is 204 g/mol. The summed E-state index contributed by atoms with van der Waals surface area (Å²) in [5.74, 6) is 0.705. The fourth-order valence-corrected chi connectivity index (χ4v) is 2.42. The minimum absolute atomic E-state index is 0.228. The molecule has 96 valence electrons. The van der Waals surface area contributed by atoms with Gasteiger partial charge in [0.1, 0.15) is 0 Å². The van der Waals surface area contributed by atoms with Gasteiger partial charge >= 0.3 is 0 Å². The van der Waals surface area contributed by atoms with Crippen molar-refractivity contribution in [2.75, 3.05) is 40.4 Å². The fourth-order valence-electron chi connectivity index (χ4n) is 2.42. The highest BCUT2D eigenvalue weighted by atomic mass is 16.5. The first kappa shape index (κ1) is 13.9. The molecule has 0 bridgehead atoms. The second-order valence-electron chi connectivity index (χ2n) is 4.80. The van der Waals surface area contributed by atoms with Crippen LogP contribution in [0.3, 0.4) is 0 Å². The zero-order chi connectivity index (χ0) is 12.0. The largest absolute Gasteiger partial charge is 0.377 e. The molecule has 4 heteroatoms. The molecule has 0 aromatic carbocycles. The lowest BCUT2D eigenvalue weighted by molar-refractivity contribution is -0.00461. The van der Waals surface area contributed by atoms with Crippen molar-refractivity contribution in [3.8, 4) is 0 Å². The van der Waals surface area contributed by atoms with E-state index in [9.17, 15) is 0 Å². The first-order chi connectivity index (χ1) is 7.71. The minimum Gasteiger partial charge on any atom is -0.377 e. The van der Waals surface area contributed by atoms with Gasteiger partial charge in [-0.1, -0.05) is 6.92 Å². The molecule has 2 N–H and O–H groups in total. The maximum Gasteiger partial charge on any atom is 0.0971 e. The smallest absolute Gasteiger partial charge is 0.0971 e. The standard InChI is InChI=1S/C12H26N2O2/c1-10(5-4-6-13)7-14-8-11(15-2)12(9-14)16-3/h10-12H,4-9,13H2,1-3H3. The van der Waals surface area contributed by atoms with Crippen LogP contribution >= 0.6 is 0 Å². The summed E-state index contributed by atoms with van der Waals surface area (Å²) in [5.41, 5.74) is 5.52. The van der Waals surface area contributed by atoms with Gasteiger partial charge in [-0.05, 0) is 25.3 Å². The van der Waals surface area contributed by atoms with Crippen LogP contribution in [-0.4, -0.2) is 57.5 Å². The highest BCUT2D eigenvalue weighted by molar-refractivity contribution is 4.86. The first-order valence-electron chi connectivity index (χ1n) is 6.19. The molecule has 0 aromatic rings. The van der Waals surface area contributed by atoms with Gasteiger partial charge in [0.25, 0.3) is 0 Å².